The number of fused-ring (bicyclic) bond motifs is 1. The Morgan fingerprint density at radius 3 is 2.79 bits per heavy atom. The summed E-state index contributed by atoms with van der Waals surface area (Å²) in [4.78, 5) is 14.0. The zero-order valence-electron chi connectivity index (χ0n) is 10.0. The molecular formula is C14H11N3OS. The van der Waals surface area contributed by atoms with Crippen molar-refractivity contribution in [3.05, 3.63) is 69.6 Å². The molecule has 3 rings (SSSR count). The molecule has 0 saturated heterocycles. The van der Waals surface area contributed by atoms with Crippen LogP contribution < -0.4 is 0 Å². The van der Waals surface area contributed by atoms with Crippen molar-refractivity contribution < 1.29 is 0 Å². The molecular weight excluding hydrogens is 258 g/mol. The van der Waals surface area contributed by atoms with Gasteiger partial charge >= 0.3 is 0 Å². The highest BCUT2D eigenvalue weighted by molar-refractivity contribution is 7.71. The van der Waals surface area contributed by atoms with E-state index in [9.17, 15) is 4.91 Å². The summed E-state index contributed by atoms with van der Waals surface area (Å²) in [5.74, 6) is 0. The second-order valence-electron chi connectivity index (χ2n) is 4.26. The van der Waals surface area contributed by atoms with Crippen LogP contribution in [0.1, 0.15) is 11.3 Å². The van der Waals surface area contributed by atoms with E-state index >= 15 is 0 Å². The lowest BCUT2D eigenvalue weighted by atomic mass is 10.1. The van der Waals surface area contributed by atoms with Crippen molar-refractivity contribution >= 4 is 23.4 Å². The molecule has 1 aromatic carbocycles. The van der Waals surface area contributed by atoms with Crippen LogP contribution in [0.5, 0.6) is 0 Å². The summed E-state index contributed by atoms with van der Waals surface area (Å²) >= 11 is 5.27. The molecule has 5 heteroatoms. The summed E-state index contributed by atoms with van der Waals surface area (Å²) in [7, 11) is 0. The van der Waals surface area contributed by atoms with Crippen molar-refractivity contribution in [1.29, 1.82) is 0 Å². The normalized spacial score (nSPS) is 10.7. The molecule has 0 radical (unpaired) electrons. The highest BCUT2D eigenvalue weighted by atomic mass is 32.1. The van der Waals surface area contributed by atoms with Crippen molar-refractivity contribution in [1.82, 2.24) is 9.38 Å². The Morgan fingerprint density at radius 2 is 1.95 bits per heavy atom. The summed E-state index contributed by atoms with van der Waals surface area (Å²) < 4.78 is 2.57. The third kappa shape index (κ3) is 2.08. The zero-order chi connectivity index (χ0) is 13.2. The minimum atomic E-state index is 0.470. The Balaban J connectivity index is 2.11. The molecule has 0 bridgehead atoms. The lowest BCUT2D eigenvalue weighted by Crippen LogP contribution is -1.90. The van der Waals surface area contributed by atoms with Gasteiger partial charge in [0.2, 0.25) is 0 Å². The van der Waals surface area contributed by atoms with Crippen LogP contribution in [0.2, 0.25) is 0 Å². The minimum absolute atomic E-state index is 0.470. The average molecular weight is 269 g/mol. The van der Waals surface area contributed by atoms with Gasteiger partial charge in [-0.05, 0) is 41.2 Å². The van der Waals surface area contributed by atoms with E-state index in [0.29, 0.717) is 16.9 Å². The van der Waals surface area contributed by atoms with Gasteiger partial charge in [0, 0.05) is 18.3 Å². The number of aromatic amines is 1. The van der Waals surface area contributed by atoms with E-state index in [2.05, 4.69) is 10.2 Å². The number of nitrogens with one attached hydrogen (secondary N) is 1. The molecule has 3 aromatic rings. The molecule has 19 heavy (non-hydrogen) atoms. The van der Waals surface area contributed by atoms with Crippen molar-refractivity contribution in [3.8, 4) is 0 Å². The van der Waals surface area contributed by atoms with E-state index in [-0.39, 0.29) is 0 Å². The Labute approximate surface area is 114 Å². The topological polar surface area (TPSA) is 49.6 Å². The van der Waals surface area contributed by atoms with Crippen LogP contribution in [0.4, 0.5) is 5.69 Å². The van der Waals surface area contributed by atoms with Gasteiger partial charge in [-0.2, -0.15) is 0 Å². The van der Waals surface area contributed by atoms with Gasteiger partial charge in [-0.25, -0.2) is 0 Å². The number of H-pyrrole nitrogens is 1. The second kappa shape index (κ2) is 4.78. The van der Waals surface area contributed by atoms with Gasteiger partial charge in [-0.3, -0.25) is 4.40 Å². The molecule has 0 aliphatic rings. The van der Waals surface area contributed by atoms with Crippen LogP contribution in [0.15, 0.2) is 53.8 Å². The number of hydrogen-bond acceptors (Lipinski definition) is 3. The van der Waals surface area contributed by atoms with E-state index in [4.69, 9.17) is 12.2 Å². The SMILES string of the molecule is O=Nc1ccccc1Cc1[nH]c(=S)n2ccccc12. The number of rotatable bonds is 3. The molecule has 2 aromatic heterocycles. The molecule has 4 nitrogen and oxygen atoms in total. The monoisotopic (exact) mass is 269 g/mol. The Hall–Kier alpha value is -2.27. The van der Waals surface area contributed by atoms with Gasteiger partial charge in [0.25, 0.3) is 0 Å². The number of pyridine rings is 1. The van der Waals surface area contributed by atoms with E-state index in [1.165, 1.54) is 0 Å². The van der Waals surface area contributed by atoms with Crippen molar-refractivity contribution in [3.63, 3.8) is 0 Å². The molecule has 1 N–H and O–H groups in total. The van der Waals surface area contributed by atoms with Gasteiger partial charge in [-0.1, -0.05) is 24.3 Å². The fraction of sp³-hybridized carbons (Fsp3) is 0.0714. The van der Waals surface area contributed by atoms with Crippen molar-refractivity contribution in [2.75, 3.05) is 0 Å². The summed E-state index contributed by atoms with van der Waals surface area (Å²) in [5.41, 5.74) is 3.37. The van der Waals surface area contributed by atoms with Gasteiger partial charge < -0.3 is 4.98 Å². The first kappa shape index (κ1) is 11.8. The van der Waals surface area contributed by atoms with Crippen LogP contribution in [-0.4, -0.2) is 9.38 Å². The minimum Gasteiger partial charge on any atom is -0.333 e. The maximum absolute atomic E-state index is 10.8. The van der Waals surface area contributed by atoms with Crippen LogP contribution in [-0.2, 0) is 6.42 Å². The lowest BCUT2D eigenvalue weighted by Gasteiger charge is -2.02. The first-order valence-corrected chi connectivity index (χ1v) is 6.30. The highest BCUT2D eigenvalue weighted by Crippen LogP contribution is 2.23. The predicted octanol–water partition coefficient (Wildman–Crippen LogP) is 3.99. The number of nitroso groups, excluding NO2 is 1. The summed E-state index contributed by atoms with van der Waals surface area (Å²) in [6, 6.07) is 13.2. The highest BCUT2D eigenvalue weighted by Gasteiger charge is 2.08. The molecule has 0 spiro atoms. The number of hydrogen-bond donors (Lipinski definition) is 1. The standard InChI is InChI=1S/C14H11N3OS/c18-16-11-6-2-1-5-10(11)9-12-13-7-3-4-8-17(13)14(19)15-12/h1-8H,9H2,(H,15,19). The molecule has 94 valence electrons. The van der Waals surface area contributed by atoms with E-state index in [1.807, 2.05) is 40.9 Å². The van der Waals surface area contributed by atoms with Crippen LogP contribution >= 0.6 is 12.2 Å². The van der Waals surface area contributed by atoms with Crippen LogP contribution in [0, 0.1) is 9.68 Å². The molecule has 0 unspecified atom stereocenters. The van der Waals surface area contributed by atoms with E-state index in [0.717, 1.165) is 16.8 Å². The molecule has 0 aliphatic carbocycles. The number of nitrogens with zero attached hydrogens (tertiary/aromatic N) is 2. The van der Waals surface area contributed by atoms with E-state index in [1.54, 1.807) is 12.1 Å². The predicted molar refractivity (Wildman–Crippen MR) is 77.3 cm³/mol. The third-order valence-corrected chi connectivity index (χ3v) is 3.40. The molecule has 0 fully saturated rings. The molecule has 0 amide bonds. The Kier molecular flexibility index (Phi) is 2.97. The molecule has 2 heterocycles. The summed E-state index contributed by atoms with van der Waals surface area (Å²) in [5, 5.41) is 3.06. The van der Waals surface area contributed by atoms with Gasteiger partial charge in [0.1, 0.15) is 5.69 Å². The van der Waals surface area contributed by atoms with Gasteiger partial charge in [0.05, 0.1) is 5.52 Å². The molecule has 0 aliphatic heterocycles. The zero-order valence-corrected chi connectivity index (χ0v) is 10.9. The van der Waals surface area contributed by atoms with E-state index < -0.39 is 0 Å². The molecule has 0 saturated carbocycles. The second-order valence-corrected chi connectivity index (χ2v) is 4.65. The maximum Gasteiger partial charge on any atom is 0.182 e. The lowest BCUT2D eigenvalue weighted by molar-refractivity contribution is 1.09. The largest absolute Gasteiger partial charge is 0.333 e. The van der Waals surface area contributed by atoms with Crippen LogP contribution in [0.25, 0.3) is 5.52 Å². The Bertz CT molecular complexity index is 804. The van der Waals surface area contributed by atoms with Crippen molar-refractivity contribution in [2.45, 2.75) is 6.42 Å². The first-order chi connectivity index (χ1) is 9.29. The number of imidazole rings is 1. The van der Waals surface area contributed by atoms with Gasteiger partial charge in [0.15, 0.2) is 4.77 Å². The molecule has 0 atom stereocenters. The van der Waals surface area contributed by atoms with Gasteiger partial charge in [-0.15, -0.1) is 4.91 Å². The summed E-state index contributed by atoms with van der Waals surface area (Å²) in [6.45, 7) is 0. The quantitative estimate of drug-likeness (QED) is 0.577. The first-order valence-electron chi connectivity index (χ1n) is 5.89. The van der Waals surface area contributed by atoms with Crippen molar-refractivity contribution in [2.24, 2.45) is 5.18 Å². The fourth-order valence-electron chi connectivity index (χ4n) is 2.19. The third-order valence-electron chi connectivity index (χ3n) is 3.10. The number of benzene rings is 1. The fourth-order valence-corrected chi connectivity index (χ4v) is 2.48. The Morgan fingerprint density at radius 1 is 1.16 bits per heavy atom. The van der Waals surface area contributed by atoms with Crippen LogP contribution in [0.3, 0.4) is 0 Å². The maximum atomic E-state index is 10.8. The summed E-state index contributed by atoms with van der Waals surface area (Å²) in [6.07, 6.45) is 2.52. The average Bonchev–Trinajstić information content (AvgIpc) is 2.77. The smallest absolute Gasteiger partial charge is 0.182 e. The number of aromatic nitrogens is 2.